The summed E-state index contributed by atoms with van der Waals surface area (Å²) in [5.41, 5.74) is 11.2. The van der Waals surface area contributed by atoms with Crippen molar-refractivity contribution in [3.63, 3.8) is 0 Å². The molecule has 0 fully saturated rings. The summed E-state index contributed by atoms with van der Waals surface area (Å²) in [4.78, 5) is 15.9. The van der Waals surface area contributed by atoms with Gasteiger partial charge in [-0.05, 0) is 6.42 Å². The van der Waals surface area contributed by atoms with E-state index in [1.165, 1.54) is 6.20 Å². The van der Waals surface area contributed by atoms with E-state index < -0.39 is 0 Å². The van der Waals surface area contributed by atoms with Crippen LogP contribution in [0.5, 0.6) is 0 Å². The van der Waals surface area contributed by atoms with Gasteiger partial charge in [0.2, 0.25) is 0 Å². The molecular formula is C9H14N4O. The number of fused-ring (bicyclic) bond motifs is 1. The molecule has 1 aromatic heterocycles. The molecule has 0 radical (unpaired) electrons. The van der Waals surface area contributed by atoms with Crippen LogP contribution in [0.2, 0.25) is 0 Å². The van der Waals surface area contributed by atoms with E-state index >= 15 is 0 Å². The maximum atomic E-state index is 11.7. The number of hydrogen-bond acceptors (Lipinski definition) is 4. The van der Waals surface area contributed by atoms with Crippen molar-refractivity contribution >= 4 is 5.69 Å². The molecule has 1 aliphatic heterocycles. The molecule has 4 N–H and O–H groups in total. The number of hydrogen-bond donors (Lipinski definition) is 2. The molecular weight excluding hydrogens is 180 g/mol. The normalized spacial score (nSPS) is 25.0. The minimum Gasteiger partial charge on any atom is -0.393 e. The van der Waals surface area contributed by atoms with E-state index in [1.54, 1.807) is 4.57 Å². The van der Waals surface area contributed by atoms with Gasteiger partial charge in [0.25, 0.3) is 5.56 Å². The minimum atomic E-state index is -0.158. The average molecular weight is 194 g/mol. The van der Waals surface area contributed by atoms with E-state index in [4.69, 9.17) is 11.5 Å². The third-order valence-electron chi connectivity index (χ3n) is 2.75. The molecule has 14 heavy (non-hydrogen) atoms. The van der Waals surface area contributed by atoms with Crippen LogP contribution in [0.15, 0.2) is 11.0 Å². The molecule has 2 atom stereocenters. The van der Waals surface area contributed by atoms with E-state index in [1.807, 2.05) is 6.92 Å². The third-order valence-corrected chi connectivity index (χ3v) is 2.75. The summed E-state index contributed by atoms with van der Waals surface area (Å²) in [6, 6.07) is 0.0588. The van der Waals surface area contributed by atoms with Gasteiger partial charge < -0.3 is 11.5 Å². The number of anilines is 1. The molecule has 0 saturated heterocycles. The Hall–Kier alpha value is -1.36. The lowest BCUT2D eigenvalue weighted by Crippen LogP contribution is -2.29. The number of rotatable bonds is 1. The SMILES string of the molecule is C[C@H]1C[C@@H](CN)n2c1ncc(N)c2=O. The van der Waals surface area contributed by atoms with Gasteiger partial charge in [0.05, 0.1) is 12.2 Å². The second-order valence-electron chi connectivity index (χ2n) is 3.77. The molecule has 5 heteroatoms. The van der Waals surface area contributed by atoms with E-state index in [9.17, 15) is 4.79 Å². The zero-order valence-electron chi connectivity index (χ0n) is 8.10. The first-order chi connectivity index (χ1) is 6.65. The Morgan fingerprint density at radius 3 is 3.07 bits per heavy atom. The summed E-state index contributed by atoms with van der Waals surface area (Å²) >= 11 is 0. The highest BCUT2D eigenvalue weighted by atomic mass is 16.1. The van der Waals surface area contributed by atoms with Crippen molar-refractivity contribution in [2.24, 2.45) is 5.73 Å². The molecule has 0 amide bonds. The summed E-state index contributed by atoms with van der Waals surface area (Å²) in [7, 11) is 0. The van der Waals surface area contributed by atoms with Gasteiger partial charge in [0, 0.05) is 12.5 Å². The Labute approximate surface area is 81.7 Å². The molecule has 0 aliphatic carbocycles. The van der Waals surface area contributed by atoms with Gasteiger partial charge >= 0.3 is 0 Å². The number of aromatic nitrogens is 2. The molecule has 0 bridgehead atoms. The lowest BCUT2D eigenvalue weighted by atomic mass is 10.1. The first-order valence-corrected chi connectivity index (χ1v) is 4.72. The molecule has 2 rings (SSSR count). The smallest absolute Gasteiger partial charge is 0.276 e. The van der Waals surface area contributed by atoms with Gasteiger partial charge in [-0.3, -0.25) is 9.36 Å². The number of nitrogen functional groups attached to an aromatic ring is 1. The van der Waals surface area contributed by atoms with Gasteiger partial charge in [-0.2, -0.15) is 0 Å². The lowest BCUT2D eigenvalue weighted by molar-refractivity contribution is 0.512. The summed E-state index contributed by atoms with van der Waals surface area (Å²) in [6.07, 6.45) is 2.31. The summed E-state index contributed by atoms with van der Waals surface area (Å²) in [5.74, 6) is 1.09. The van der Waals surface area contributed by atoms with Crippen molar-refractivity contribution in [3.05, 3.63) is 22.4 Å². The molecule has 5 nitrogen and oxygen atoms in total. The average Bonchev–Trinajstić information content (AvgIpc) is 2.50. The number of nitrogens with two attached hydrogens (primary N) is 2. The quantitative estimate of drug-likeness (QED) is 0.650. The molecule has 1 aliphatic rings. The molecule has 0 unspecified atom stereocenters. The Morgan fingerprint density at radius 1 is 1.71 bits per heavy atom. The maximum absolute atomic E-state index is 11.7. The first-order valence-electron chi connectivity index (χ1n) is 4.72. The molecule has 1 aromatic rings. The van der Waals surface area contributed by atoms with Crippen molar-refractivity contribution in [1.82, 2.24) is 9.55 Å². The fourth-order valence-corrected chi connectivity index (χ4v) is 2.03. The summed E-state index contributed by atoms with van der Waals surface area (Å²) in [6.45, 7) is 2.51. The molecule has 0 saturated carbocycles. The predicted molar refractivity (Wildman–Crippen MR) is 54.0 cm³/mol. The van der Waals surface area contributed by atoms with E-state index in [2.05, 4.69) is 4.98 Å². The third kappa shape index (κ3) is 1.13. The van der Waals surface area contributed by atoms with Gasteiger partial charge in [0.1, 0.15) is 11.5 Å². The highest BCUT2D eigenvalue weighted by molar-refractivity contribution is 5.33. The molecule has 0 spiro atoms. The van der Waals surface area contributed by atoms with Crippen LogP contribution in [-0.2, 0) is 0 Å². The van der Waals surface area contributed by atoms with Gasteiger partial charge in [0.15, 0.2) is 0 Å². The largest absolute Gasteiger partial charge is 0.393 e. The topological polar surface area (TPSA) is 86.9 Å². The van der Waals surface area contributed by atoms with E-state index in [-0.39, 0.29) is 23.2 Å². The Bertz CT molecular complexity index is 412. The maximum Gasteiger partial charge on any atom is 0.276 e. The Morgan fingerprint density at radius 2 is 2.43 bits per heavy atom. The first kappa shape index (κ1) is 9.21. The highest BCUT2D eigenvalue weighted by Crippen LogP contribution is 2.31. The van der Waals surface area contributed by atoms with Crippen molar-refractivity contribution in [2.45, 2.75) is 25.3 Å². The minimum absolute atomic E-state index is 0.0588. The van der Waals surface area contributed by atoms with E-state index in [0.29, 0.717) is 6.54 Å². The van der Waals surface area contributed by atoms with Crippen LogP contribution < -0.4 is 17.0 Å². The van der Waals surface area contributed by atoms with Crippen molar-refractivity contribution < 1.29 is 0 Å². The van der Waals surface area contributed by atoms with Crippen LogP contribution in [0.4, 0.5) is 5.69 Å². The monoisotopic (exact) mass is 194 g/mol. The fraction of sp³-hybridized carbons (Fsp3) is 0.556. The van der Waals surface area contributed by atoms with Crippen LogP contribution in [0.1, 0.15) is 31.1 Å². The van der Waals surface area contributed by atoms with Crippen molar-refractivity contribution in [3.8, 4) is 0 Å². The van der Waals surface area contributed by atoms with Gasteiger partial charge in [-0.1, -0.05) is 6.92 Å². The zero-order chi connectivity index (χ0) is 10.3. The van der Waals surface area contributed by atoms with Crippen LogP contribution in [0, 0.1) is 0 Å². The second-order valence-corrected chi connectivity index (χ2v) is 3.77. The molecule has 0 aromatic carbocycles. The van der Waals surface area contributed by atoms with Crippen LogP contribution >= 0.6 is 0 Å². The van der Waals surface area contributed by atoms with Crippen molar-refractivity contribution in [2.75, 3.05) is 12.3 Å². The Balaban J connectivity index is 2.64. The lowest BCUT2D eigenvalue weighted by Gasteiger charge is -2.11. The van der Waals surface area contributed by atoms with E-state index in [0.717, 1.165) is 12.2 Å². The second kappa shape index (κ2) is 3.09. The van der Waals surface area contributed by atoms with Crippen LogP contribution in [0.25, 0.3) is 0 Å². The zero-order valence-corrected chi connectivity index (χ0v) is 8.10. The van der Waals surface area contributed by atoms with Gasteiger partial charge in [-0.15, -0.1) is 0 Å². The highest BCUT2D eigenvalue weighted by Gasteiger charge is 2.29. The van der Waals surface area contributed by atoms with Gasteiger partial charge in [-0.25, -0.2) is 4.98 Å². The molecule has 76 valence electrons. The summed E-state index contributed by atoms with van der Waals surface area (Å²) < 4.78 is 1.64. The predicted octanol–water partition coefficient (Wildman–Crippen LogP) is -0.167. The van der Waals surface area contributed by atoms with Crippen LogP contribution in [0.3, 0.4) is 0 Å². The molecule has 2 heterocycles. The standard InChI is InChI=1S/C9H14N4O/c1-5-2-6(3-10)13-8(5)12-4-7(11)9(13)14/h4-6H,2-3,10-11H2,1H3/t5-,6-/m0/s1. The summed E-state index contributed by atoms with van der Waals surface area (Å²) in [5, 5.41) is 0. The fourth-order valence-electron chi connectivity index (χ4n) is 2.03. The number of nitrogens with zero attached hydrogens (tertiary/aromatic N) is 2. The van der Waals surface area contributed by atoms with Crippen LogP contribution in [-0.4, -0.2) is 16.1 Å². The van der Waals surface area contributed by atoms with Crippen molar-refractivity contribution in [1.29, 1.82) is 0 Å². The Kier molecular flexibility index (Phi) is 2.03.